The second-order valence-electron chi connectivity index (χ2n) is 3.98. The van der Waals surface area contributed by atoms with Gasteiger partial charge in [-0.05, 0) is 11.6 Å². The Morgan fingerprint density at radius 1 is 1.56 bits per heavy atom. The van der Waals surface area contributed by atoms with Crippen LogP contribution in [0.4, 0.5) is 0 Å². The van der Waals surface area contributed by atoms with Gasteiger partial charge in [-0.1, -0.05) is 18.2 Å². The Hall–Kier alpha value is -2.32. The maximum atomic E-state index is 11.3. The van der Waals surface area contributed by atoms with E-state index in [1.165, 1.54) is 11.7 Å². The van der Waals surface area contributed by atoms with Gasteiger partial charge in [0.2, 0.25) is 0 Å². The van der Waals surface area contributed by atoms with E-state index in [2.05, 4.69) is 10.9 Å². The van der Waals surface area contributed by atoms with Crippen LogP contribution in [0.3, 0.4) is 0 Å². The van der Waals surface area contributed by atoms with E-state index < -0.39 is 12.0 Å². The van der Waals surface area contributed by atoms with Gasteiger partial charge < -0.3 is 10.5 Å². The van der Waals surface area contributed by atoms with Crippen LogP contribution in [0.25, 0.3) is 10.9 Å². The minimum Gasteiger partial charge on any atom is -0.468 e. The van der Waals surface area contributed by atoms with Crippen molar-refractivity contribution in [3.05, 3.63) is 36.0 Å². The SMILES string of the molecule is COC(=O)[C@@H](N)Cc1cn(C#N)c2ccccc12. The smallest absolute Gasteiger partial charge is 0.322 e. The number of rotatable bonds is 3. The predicted octanol–water partition coefficient (Wildman–Crippen LogP) is 1.01. The molecule has 0 saturated carbocycles. The summed E-state index contributed by atoms with van der Waals surface area (Å²) < 4.78 is 6.06. The molecular formula is C13H13N3O2. The number of hydrogen-bond acceptors (Lipinski definition) is 4. The number of para-hydroxylation sites is 1. The minimum atomic E-state index is -0.715. The van der Waals surface area contributed by atoms with E-state index in [0.29, 0.717) is 6.42 Å². The lowest BCUT2D eigenvalue weighted by Gasteiger charge is -2.07. The van der Waals surface area contributed by atoms with E-state index >= 15 is 0 Å². The molecule has 1 aromatic heterocycles. The van der Waals surface area contributed by atoms with Crippen LogP contribution in [0.1, 0.15) is 5.56 Å². The van der Waals surface area contributed by atoms with Gasteiger partial charge in [-0.25, -0.2) is 0 Å². The number of nitrogens with two attached hydrogens (primary N) is 1. The zero-order chi connectivity index (χ0) is 13.1. The van der Waals surface area contributed by atoms with Gasteiger partial charge in [0.05, 0.1) is 12.6 Å². The predicted molar refractivity (Wildman–Crippen MR) is 66.6 cm³/mol. The Morgan fingerprint density at radius 2 is 2.28 bits per heavy atom. The number of carbonyl (C=O) groups excluding carboxylic acids is 1. The van der Waals surface area contributed by atoms with Crippen LogP contribution in [-0.2, 0) is 16.0 Å². The molecule has 0 radical (unpaired) electrons. The Morgan fingerprint density at radius 3 is 2.94 bits per heavy atom. The minimum absolute atomic E-state index is 0.349. The highest BCUT2D eigenvalue weighted by Gasteiger charge is 2.17. The first-order valence-electron chi connectivity index (χ1n) is 5.50. The highest BCUT2D eigenvalue weighted by molar-refractivity contribution is 5.86. The molecule has 0 aliphatic rings. The van der Waals surface area contributed by atoms with Crippen molar-refractivity contribution in [2.45, 2.75) is 12.5 Å². The van der Waals surface area contributed by atoms with Crippen molar-refractivity contribution >= 4 is 16.9 Å². The summed E-state index contributed by atoms with van der Waals surface area (Å²) in [7, 11) is 1.31. The number of aromatic nitrogens is 1. The van der Waals surface area contributed by atoms with Crippen molar-refractivity contribution < 1.29 is 9.53 Å². The number of methoxy groups -OCH3 is 1. The van der Waals surface area contributed by atoms with E-state index in [4.69, 9.17) is 11.0 Å². The summed E-state index contributed by atoms with van der Waals surface area (Å²) in [6.07, 6.45) is 4.12. The molecule has 1 aromatic carbocycles. The first kappa shape index (κ1) is 12.1. The van der Waals surface area contributed by atoms with Gasteiger partial charge in [0.1, 0.15) is 6.04 Å². The summed E-state index contributed by atoms with van der Waals surface area (Å²) in [4.78, 5) is 11.3. The van der Waals surface area contributed by atoms with Crippen LogP contribution in [-0.4, -0.2) is 23.7 Å². The van der Waals surface area contributed by atoms with Crippen molar-refractivity contribution in [1.29, 1.82) is 5.26 Å². The van der Waals surface area contributed by atoms with Gasteiger partial charge in [0, 0.05) is 18.0 Å². The highest BCUT2D eigenvalue weighted by Crippen LogP contribution is 2.21. The third-order valence-electron chi connectivity index (χ3n) is 2.85. The fourth-order valence-corrected chi connectivity index (χ4v) is 1.97. The first-order valence-corrected chi connectivity index (χ1v) is 5.50. The Kier molecular flexibility index (Phi) is 3.31. The van der Waals surface area contributed by atoms with Gasteiger partial charge in [0.15, 0.2) is 6.19 Å². The van der Waals surface area contributed by atoms with Crippen molar-refractivity contribution in [1.82, 2.24) is 4.57 Å². The standard InChI is InChI=1S/C13H13N3O2/c1-18-13(17)11(15)6-9-7-16(8-14)12-5-3-2-4-10(9)12/h2-5,7,11H,6,15H2,1H3/t11-/m0/s1. The van der Waals surface area contributed by atoms with Crippen LogP contribution >= 0.6 is 0 Å². The Labute approximate surface area is 104 Å². The van der Waals surface area contributed by atoms with Gasteiger partial charge in [-0.15, -0.1) is 0 Å². The molecule has 0 bridgehead atoms. The summed E-state index contributed by atoms with van der Waals surface area (Å²) >= 11 is 0. The zero-order valence-electron chi connectivity index (χ0n) is 9.96. The normalized spacial score (nSPS) is 12.1. The summed E-state index contributed by atoms with van der Waals surface area (Å²) in [6.45, 7) is 0. The molecule has 18 heavy (non-hydrogen) atoms. The van der Waals surface area contributed by atoms with Crippen molar-refractivity contribution in [2.24, 2.45) is 5.73 Å². The number of nitriles is 1. The van der Waals surface area contributed by atoms with E-state index in [1.54, 1.807) is 6.20 Å². The molecule has 0 spiro atoms. The van der Waals surface area contributed by atoms with Crippen molar-refractivity contribution in [3.63, 3.8) is 0 Å². The summed E-state index contributed by atoms with van der Waals surface area (Å²) in [5.74, 6) is -0.455. The Bertz CT molecular complexity index is 625. The monoisotopic (exact) mass is 243 g/mol. The molecule has 5 nitrogen and oxygen atoms in total. The van der Waals surface area contributed by atoms with E-state index in [0.717, 1.165) is 16.5 Å². The number of carbonyl (C=O) groups is 1. The maximum absolute atomic E-state index is 11.3. The largest absolute Gasteiger partial charge is 0.468 e. The second kappa shape index (κ2) is 4.90. The van der Waals surface area contributed by atoms with Crippen LogP contribution in [0.5, 0.6) is 0 Å². The summed E-state index contributed by atoms with van der Waals surface area (Å²) in [5.41, 5.74) is 7.41. The molecule has 1 atom stereocenters. The molecule has 0 unspecified atom stereocenters. The quantitative estimate of drug-likeness (QED) is 0.816. The number of hydrogen-bond donors (Lipinski definition) is 1. The van der Waals surface area contributed by atoms with Gasteiger partial charge >= 0.3 is 5.97 Å². The average molecular weight is 243 g/mol. The molecule has 2 rings (SSSR count). The average Bonchev–Trinajstić information content (AvgIpc) is 2.76. The summed E-state index contributed by atoms with van der Waals surface area (Å²) in [5, 5.41) is 9.96. The van der Waals surface area contributed by atoms with Crippen molar-refractivity contribution in [2.75, 3.05) is 7.11 Å². The molecule has 0 amide bonds. The molecule has 0 aliphatic heterocycles. The van der Waals surface area contributed by atoms with E-state index in [1.807, 2.05) is 24.3 Å². The molecule has 2 N–H and O–H groups in total. The highest BCUT2D eigenvalue weighted by atomic mass is 16.5. The van der Waals surface area contributed by atoms with Crippen LogP contribution < -0.4 is 5.73 Å². The van der Waals surface area contributed by atoms with E-state index in [-0.39, 0.29) is 0 Å². The fraction of sp³-hybridized carbons (Fsp3) is 0.231. The zero-order valence-corrected chi connectivity index (χ0v) is 9.96. The van der Waals surface area contributed by atoms with Crippen LogP contribution in [0, 0.1) is 11.5 Å². The van der Waals surface area contributed by atoms with E-state index in [9.17, 15) is 4.79 Å². The third kappa shape index (κ3) is 2.06. The van der Waals surface area contributed by atoms with Gasteiger partial charge in [-0.2, -0.15) is 5.26 Å². The lowest BCUT2D eigenvalue weighted by molar-refractivity contribution is -0.142. The van der Waals surface area contributed by atoms with Crippen LogP contribution in [0.2, 0.25) is 0 Å². The fourth-order valence-electron chi connectivity index (χ4n) is 1.97. The number of ether oxygens (including phenoxy) is 1. The van der Waals surface area contributed by atoms with Crippen molar-refractivity contribution in [3.8, 4) is 6.19 Å². The third-order valence-corrected chi connectivity index (χ3v) is 2.85. The second-order valence-corrected chi connectivity index (χ2v) is 3.98. The summed E-state index contributed by atoms with van der Waals surface area (Å²) in [6, 6.07) is 6.79. The molecule has 1 heterocycles. The van der Waals surface area contributed by atoms with Crippen LogP contribution in [0.15, 0.2) is 30.5 Å². The Balaban J connectivity index is 2.40. The lowest BCUT2D eigenvalue weighted by atomic mass is 10.1. The number of esters is 1. The molecular weight excluding hydrogens is 230 g/mol. The molecule has 92 valence electrons. The number of benzene rings is 1. The topological polar surface area (TPSA) is 81.0 Å². The maximum Gasteiger partial charge on any atom is 0.322 e. The first-order chi connectivity index (χ1) is 8.67. The number of nitrogens with zero attached hydrogens (tertiary/aromatic N) is 2. The molecule has 0 aliphatic carbocycles. The van der Waals surface area contributed by atoms with Gasteiger partial charge in [0.25, 0.3) is 0 Å². The molecule has 0 fully saturated rings. The van der Waals surface area contributed by atoms with Gasteiger partial charge in [-0.3, -0.25) is 9.36 Å². The molecule has 5 heteroatoms. The molecule has 2 aromatic rings. The lowest BCUT2D eigenvalue weighted by Crippen LogP contribution is -2.33. The number of fused-ring (bicyclic) bond motifs is 1. The molecule has 0 saturated heterocycles.